The monoisotopic (exact) mass is 201 g/mol. The standard InChI is InChI=1S/C12H11NS/c1-13-8-11-10-5-3-2-4-9(10)6-7-12(11)14-13/h2-7H,8H2,1H3. The van der Waals surface area contributed by atoms with E-state index in [-0.39, 0.29) is 0 Å². The van der Waals surface area contributed by atoms with Crippen LogP contribution in [0.1, 0.15) is 5.56 Å². The molecule has 0 amide bonds. The maximum absolute atomic E-state index is 2.27. The molecule has 2 aromatic rings. The maximum Gasteiger partial charge on any atom is 0.0358 e. The first-order valence-corrected chi connectivity index (χ1v) is 5.52. The first kappa shape index (κ1) is 8.33. The van der Waals surface area contributed by atoms with Gasteiger partial charge in [0.25, 0.3) is 0 Å². The summed E-state index contributed by atoms with van der Waals surface area (Å²) >= 11 is 1.84. The summed E-state index contributed by atoms with van der Waals surface area (Å²) in [5.41, 5.74) is 1.48. The van der Waals surface area contributed by atoms with E-state index in [1.807, 2.05) is 11.9 Å². The summed E-state index contributed by atoms with van der Waals surface area (Å²) in [6, 6.07) is 13.0. The van der Waals surface area contributed by atoms with E-state index in [0.29, 0.717) is 0 Å². The van der Waals surface area contributed by atoms with Gasteiger partial charge in [0.1, 0.15) is 0 Å². The summed E-state index contributed by atoms with van der Waals surface area (Å²) in [6.45, 7) is 1.06. The van der Waals surface area contributed by atoms with Gasteiger partial charge in [-0.1, -0.05) is 30.3 Å². The Hall–Kier alpha value is -0.990. The van der Waals surface area contributed by atoms with E-state index in [2.05, 4.69) is 47.8 Å². The van der Waals surface area contributed by atoms with E-state index < -0.39 is 0 Å². The lowest BCUT2D eigenvalue weighted by atomic mass is 10.0. The highest BCUT2D eigenvalue weighted by atomic mass is 32.2. The minimum Gasteiger partial charge on any atom is -0.245 e. The molecule has 0 unspecified atom stereocenters. The minimum atomic E-state index is 1.06. The first-order chi connectivity index (χ1) is 6.84. The Morgan fingerprint density at radius 1 is 1.14 bits per heavy atom. The molecule has 0 spiro atoms. The molecule has 0 aromatic heterocycles. The molecule has 1 aliphatic heterocycles. The Kier molecular flexibility index (Phi) is 1.79. The predicted molar refractivity (Wildman–Crippen MR) is 61.3 cm³/mol. The van der Waals surface area contributed by atoms with Gasteiger partial charge in [0.2, 0.25) is 0 Å². The lowest BCUT2D eigenvalue weighted by Crippen LogP contribution is -2.00. The highest BCUT2D eigenvalue weighted by molar-refractivity contribution is 7.97. The topological polar surface area (TPSA) is 3.24 Å². The molecule has 0 atom stereocenters. The van der Waals surface area contributed by atoms with E-state index in [1.54, 1.807) is 0 Å². The molecule has 0 bridgehead atoms. The fraction of sp³-hybridized carbons (Fsp3) is 0.167. The Bertz CT molecular complexity index is 493. The van der Waals surface area contributed by atoms with Gasteiger partial charge in [-0.05, 0) is 41.4 Å². The summed E-state index contributed by atoms with van der Waals surface area (Å²) in [5, 5.41) is 2.75. The van der Waals surface area contributed by atoms with Crippen molar-refractivity contribution in [2.75, 3.05) is 7.05 Å². The Morgan fingerprint density at radius 2 is 2.00 bits per heavy atom. The Labute approximate surface area is 87.9 Å². The third-order valence-corrected chi connectivity index (χ3v) is 3.65. The summed E-state index contributed by atoms with van der Waals surface area (Å²) in [4.78, 5) is 1.41. The first-order valence-electron chi connectivity index (χ1n) is 4.74. The van der Waals surface area contributed by atoms with Gasteiger partial charge in [-0.15, -0.1) is 0 Å². The SMILES string of the molecule is CN1Cc2c(ccc3ccccc23)S1. The third kappa shape index (κ3) is 1.15. The molecule has 0 fully saturated rings. The summed E-state index contributed by atoms with van der Waals surface area (Å²) in [5.74, 6) is 0. The van der Waals surface area contributed by atoms with Gasteiger partial charge in [0, 0.05) is 11.4 Å². The third-order valence-electron chi connectivity index (χ3n) is 2.63. The van der Waals surface area contributed by atoms with Crippen LogP contribution < -0.4 is 0 Å². The zero-order valence-corrected chi connectivity index (χ0v) is 8.84. The zero-order chi connectivity index (χ0) is 9.54. The van der Waals surface area contributed by atoms with Crippen molar-refractivity contribution in [3.8, 4) is 0 Å². The normalized spacial score (nSPS) is 16.1. The van der Waals surface area contributed by atoms with Gasteiger partial charge < -0.3 is 0 Å². The fourth-order valence-corrected chi connectivity index (χ4v) is 2.93. The maximum atomic E-state index is 2.27. The molecule has 14 heavy (non-hydrogen) atoms. The van der Waals surface area contributed by atoms with Gasteiger partial charge >= 0.3 is 0 Å². The predicted octanol–water partition coefficient (Wildman–Crippen LogP) is 3.29. The second kappa shape index (κ2) is 3.01. The van der Waals surface area contributed by atoms with Crippen molar-refractivity contribution >= 4 is 22.7 Å². The van der Waals surface area contributed by atoms with E-state index in [1.165, 1.54) is 21.2 Å². The largest absolute Gasteiger partial charge is 0.245 e. The van der Waals surface area contributed by atoms with Crippen LogP contribution >= 0.6 is 11.9 Å². The van der Waals surface area contributed by atoms with Crippen molar-refractivity contribution in [2.24, 2.45) is 0 Å². The van der Waals surface area contributed by atoms with Crippen LogP contribution in [0.4, 0.5) is 0 Å². The van der Waals surface area contributed by atoms with Crippen LogP contribution in [0.15, 0.2) is 41.3 Å². The second-order valence-corrected chi connectivity index (χ2v) is 4.89. The van der Waals surface area contributed by atoms with Crippen LogP contribution in [0.5, 0.6) is 0 Å². The van der Waals surface area contributed by atoms with Gasteiger partial charge in [0.15, 0.2) is 0 Å². The molecule has 2 heteroatoms. The molecule has 0 aliphatic carbocycles. The zero-order valence-electron chi connectivity index (χ0n) is 8.03. The molecule has 0 saturated carbocycles. The van der Waals surface area contributed by atoms with Crippen LogP contribution in [0.2, 0.25) is 0 Å². The van der Waals surface area contributed by atoms with Crippen LogP contribution in [-0.2, 0) is 6.54 Å². The lowest BCUT2D eigenvalue weighted by molar-refractivity contribution is 0.584. The Morgan fingerprint density at radius 3 is 2.93 bits per heavy atom. The van der Waals surface area contributed by atoms with Crippen molar-refractivity contribution in [1.29, 1.82) is 0 Å². The average molecular weight is 201 g/mol. The minimum absolute atomic E-state index is 1.06. The van der Waals surface area contributed by atoms with Gasteiger partial charge in [-0.2, -0.15) is 0 Å². The Balaban J connectivity index is 2.33. The van der Waals surface area contributed by atoms with Crippen molar-refractivity contribution in [3.05, 3.63) is 42.0 Å². The molecular weight excluding hydrogens is 190 g/mol. The average Bonchev–Trinajstić information content (AvgIpc) is 2.59. The smallest absolute Gasteiger partial charge is 0.0358 e. The molecule has 0 radical (unpaired) electrons. The number of nitrogens with zero attached hydrogens (tertiary/aromatic N) is 1. The number of rotatable bonds is 0. The molecular formula is C12H11NS. The van der Waals surface area contributed by atoms with Crippen LogP contribution in [0.3, 0.4) is 0 Å². The van der Waals surface area contributed by atoms with Crippen molar-refractivity contribution in [3.63, 3.8) is 0 Å². The quantitative estimate of drug-likeness (QED) is 0.602. The van der Waals surface area contributed by atoms with Gasteiger partial charge in [-0.25, -0.2) is 4.31 Å². The van der Waals surface area contributed by atoms with Crippen molar-refractivity contribution < 1.29 is 0 Å². The molecule has 2 aromatic carbocycles. The van der Waals surface area contributed by atoms with E-state index in [4.69, 9.17) is 0 Å². The summed E-state index contributed by atoms with van der Waals surface area (Å²) in [7, 11) is 2.14. The van der Waals surface area contributed by atoms with E-state index >= 15 is 0 Å². The molecule has 70 valence electrons. The molecule has 0 N–H and O–H groups in total. The highest BCUT2D eigenvalue weighted by Gasteiger charge is 2.18. The molecule has 1 nitrogen and oxygen atoms in total. The summed E-state index contributed by atoms with van der Waals surface area (Å²) < 4.78 is 2.27. The van der Waals surface area contributed by atoms with Crippen LogP contribution in [0, 0.1) is 0 Å². The number of hydrogen-bond donors (Lipinski definition) is 0. The molecule has 1 aliphatic rings. The van der Waals surface area contributed by atoms with Crippen molar-refractivity contribution in [2.45, 2.75) is 11.4 Å². The van der Waals surface area contributed by atoms with Gasteiger partial charge in [-0.3, -0.25) is 0 Å². The highest BCUT2D eigenvalue weighted by Crippen LogP contribution is 2.38. The number of benzene rings is 2. The number of fused-ring (bicyclic) bond motifs is 3. The number of hydrogen-bond acceptors (Lipinski definition) is 2. The fourth-order valence-electron chi connectivity index (χ4n) is 1.99. The summed E-state index contributed by atoms with van der Waals surface area (Å²) in [6.07, 6.45) is 0. The van der Waals surface area contributed by atoms with Crippen LogP contribution in [-0.4, -0.2) is 11.4 Å². The second-order valence-electron chi connectivity index (χ2n) is 3.64. The lowest BCUT2D eigenvalue weighted by Gasteiger charge is -2.03. The molecule has 3 rings (SSSR count). The molecule has 0 saturated heterocycles. The van der Waals surface area contributed by atoms with Crippen LogP contribution in [0.25, 0.3) is 10.8 Å². The van der Waals surface area contributed by atoms with E-state index in [0.717, 1.165) is 6.54 Å². The molecule has 1 heterocycles. The van der Waals surface area contributed by atoms with Gasteiger partial charge in [0.05, 0.1) is 0 Å². The van der Waals surface area contributed by atoms with E-state index in [9.17, 15) is 0 Å². The van der Waals surface area contributed by atoms with Crippen molar-refractivity contribution in [1.82, 2.24) is 4.31 Å².